The topological polar surface area (TPSA) is 38.4 Å². The third kappa shape index (κ3) is 3.50. The predicted molar refractivity (Wildman–Crippen MR) is 91.3 cm³/mol. The van der Waals surface area contributed by atoms with Gasteiger partial charge in [-0.15, -0.1) is 0 Å². The molecule has 0 heterocycles. The number of benzene rings is 2. The number of rotatable bonds is 4. The van der Waals surface area contributed by atoms with Crippen LogP contribution in [0.25, 0.3) is 11.1 Å². The van der Waals surface area contributed by atoms with E-state index in [0.717, 1.165) is 16.7 Å². The van der Waals surface area contributed by atoms with Crippen molar-refractivity contribution in [1.29, 1.82) is 0 Å². The Labute approximate surface area is 130 Å². The molecule has 0 fully saturated rings. The van der Waals surface area contributed by atoms with Gasteiger partial charge in [-0.1, -0.05) is 36.9 Å². The summed E-state index contributed by atoms with van der Waals surface area (Å²) in [6, 6.07) is 13.0. The van der Waals surface area contributed by atoms with Gasteiger partial charge in [0.25, 0.3) is 0 Å². The molecule has 2 N–H and O–H groups in total. The lowest BCUT2D eigenvalue weighted by molar-refractivity contribution is 0.626. The molecule has 3 heteroatoms. The Morgan fingerprint density at radius 1 is 1.23 bits per heavy atom. The smallest absolute Gasteiger partial charge is 0.133 e. The fourth-order valence-corrected chi connectivity index (χ4v) is 2.19. The molecule has 22 heavy (non-hydrogen) atoms. The lowest BCUT2D eigenvalue weighted by atomic mass is 9.98. The Morgan fingerprint density at radius 2 is 1.95 bits per heavy atom. The van der Waals surface area contributed by atoms with E-state index in [2.05, 4.69) is 11.6 Å². The van der Waals surface area contributed by atoms with Crippen molar-refractivity contribution in [2.45, 2.75) is 13.8 Å². The van der Waals surface area contributed by atoms with Crippen LogP contribution in [0.2, 0.25) is 0 Å². The molecule has 0 amide bonds. The van der Waals surface area contributed by atoms with Crippen molar-refractivity contribution in [1.82, 2.24) is 0 Å². The SMILES string of the molecule is C=CC(=N/C=C(\C)N)c1ccc(-c2ccccc2C)cc1F. The average Bonchev–Trinajstić information content (AvgIpc) is 2.49. The van der Waals surface area contributed by atoms with Crippen LogP contribution in [0, 0.1) is 12.7 Å². The van der Waals surface area contributed by atoms with Gasteiger partial charge in [-0.25, -0.2) is 4.39 Å². The van der Waals surface area contributed by atoms with Crippen LogP contribution in [-0.4, -0.2) is 5.71 Å². The third-order valence-corrected chi connectivity index (χ3v) is 3.30. The number of hydrogen-bond acceptors (Lipinski definition) is 2. The van der Waals surface area contributed by atoms with E-state index in [4.69, 9.17) is 5.73 Å². The summed E-state index contributed by atoms with van der Waals surface area (Å²) in [5, 5.41) is 0. The van der Waals surface area contributed by atoms with E-state index >= 15 is 0 Å². The predicted octanol–water partition coefficient (Wildman–Crippen LogP) is 4.60. The average molecular weight is 294 g/mol. The molecule has 0 atom stereocenters. The van der Waals surface area contributed by atoms with Gasteiger partial charge in [0, 0.05) is 17.5 Å². The van der Waals surface area contributed by atoms with Crippen LogP contribution in [0.5, 0.6) is 0 Å². The first-order valence-corrected chi connectivity index (χ1v) is 7.01. The first-order chi connectivity index (χ1) is 10.5. The van der Waals surface area contributed by atoms with E-state index in [-0.39, 0.29) is 5.82 Å². The molecule has 0 saturated heterocycles. The Bertz CT molecular complexity index is 754. The molecule has 0 saturated carbocycles. The molecule has 0 aromatic heterocycles. The maximum atomic E-state index is 14.4. The monoisotopic (exact) mass is 294 g/mol. The highest BCUT2D eigenvalue weighted by molar-refractivity contribution is 6.09. The number of halogens is 1. The highest BCUT2D eigenvalue weighted by Gasteiger charge is 2.09. The van der Waals surface area contributed by atoms with Gasteiger partial charge in [0.05, 0.1) is 5.71 Å². The van der Waals surface area contributed by atoms with Crippen molar-refractivity contribution in [2.75, 3.05) is 0 Å². The van der Waals surface area contributed by atoms with Crippen LogP contribution in [0.1, 0.15) is 18.1 Å². The minimum Gasteiger partial charge on any atom is -0.401 e. The maximum absolute atomic E-state index is 14.4. The zero-order chi connectivity index (χ0) is 16.1. The molecule has 2 aromatic rings. The molecular formula is C19H19FN2. The molecule has 0 bridgehead atoms. The van der Waals surface area contributed by atoms with Gasteiger partial charge in [0.15, 0.2) is 0 Å². The Kier molecular flexibility index (Phi) is 4.89. The second-order valence-corrected chi connectivity index (χ2v) is 5.10. The molecule has 0 aliphatic carbocycles. The molecule has 112 valence electrons. The number of aliphatic imine (C=N–C) groups is 1. The summed E-state index contributed by atoms with van der Waals surface area (Å²) in [6.07, 6.45) is 3.01. The summed E-state index contributed by atoms with van der Waals surface area (Å²) in [5.74, 6) is -0.331. The van der Waals surface area contributed by atoms with Crippen LogP contribution in [0.4, 0.5) is 4.39 Å². The molecule has 2 rings (SSSR count). The number of aryl methyl sites for hydroxylation is 1. The van der Waals surface area contributed by atoms with Crippen LogP contribution in [0.15, 0.2) is 72.0 Å². The van der Waals surface area contributed by atoms with Gasteiger partial charge in [0.2, 0.25) is 0 Å². The first kappa shape index (κ1) is 15.7. The normalized spacial score (nSPS) is 12.3. The van der Waals surface area contributed by atoms with E-state index in [9.17, 15) is 4.39 Å². The largest absolute Gasteiger partial charge is 0.401 e. The van der Waals surface area contributed by atoms with Crippen molar-refractivity contribution in [3.8, 4) is 11.1 Å². The summed E-state index contributed by atoms with van der Waals surface area (Å²) in [5.41, 5.74) is 9.93. The van der Waals surface area contributed by atoms with Crippen molar-refractivity contribution in [3.05, 3.63) is 84.0 Å². The van der Waals surface area contributed by atoms with Gasteiger partial charge in [0.1, 0.15) is 5.82 Å². The maximum Gasteiger partial charge on any atom is 0.133 e. The molecule has 0 aliphatic heterocycles. The second kappa shape index (κ2) is 6.85. The Morgan fingerprint density at radius 3 is 2.55 bits per heavy atom. The zero-order valence-corrected chi connectivity index (χ0v) is 12.8. The molecule has 0 unspecified atom stereocenters. The number of hydrogen-bond donors (Lipinski definition) is 1. The number of nitrogens with zero attached hydrogens (tertiary/aromatic N) is 1. The minimum absolute atomic E-state index is 0.331. The molecule has 0 spiro atoms. The third-order valence-electron chi connectivity index (χ3n) is 3.30. The summed E-state index contributed by atoms with van der Waals surface area (Å²) in [7, 11) is 0. The fourth-order valence-electron chi connectivity index (χ4n) is 2.19. The van der Waals surface area contributed by atoms with Crippen LogP contribution >= 0.6 is 0 Å². The number of allylic oxidation sites excluding steroid dienone is 2. The van der Waals surface area contributed by atoms with E-state index in [1.54, 1.807) is 13.0 Å². The molecule has 2 aromatic carbocycles. The number of nitrogens with two attached hydrogens (primary N) is 1. The van der Waals surface area contributed by atoms with Crippen LogP contribution in [-0.2, 0) is 0 Å². The van der Waals surface area contributed by atoms with Gasteiger partial charge >= 0.3 is 0 Å². The lowest BCUT2D eigenvalue weighted by Crippen LogP contribution is -2.01. The highest BCUT2D eigenvalue weighted by Crippen LogP contribution is 2.25. The quantitative estimate of drug-likeness (QED) is 0.822. The van der Waals surface area contributed by atoms with Crippen molar-refractivity contribution in [2.24, 2.45) is 10.7 Å². The van der Waals surface area contributed by atoms with E-state index in [0.29, 0.717) is 17.0 Å². The zero-order valence-electron chi connectivity index (χ0n) is 12.8. The van der Waals surface area contributed by atoms with Gasteiger partial charge in [-0.2, -0.15) is 0 Å². The molecule has 0 aliphatic rings. The van der Waals surface area contributed by atoms with E-state index in [1.807, 2.05) is 37.3 Å². The van der Waals surface area contributed by atoms with E-state index in [1.165, 1.54) is 18.3 Å². The van der Waals surface area contributed by atoms with Gasteiger partial charge in [-0.05, 0) is 48.7 Å². The first-order valence-electron chi connectivity index (χ1n) is 7.01. The van der Waals surface area contributed by atoms with Crippen molar-refractivity contribution in [3.63, 3.8) is 0 Å². The van der Waals surface area contributed by atoms with Crippen molar-refractivity contribution >= 4 is 5.71 Å². The second-order valence-electron chi connectivity index (χ2n) is 5.10. The molecular weight excluding hydrogens is 275 g/mol. The summed E-state index contributed by atoms with van der Waals surface area (Å²) < 4.78 is 14.4. The van der Waals surface area contributed by atoms with E-state index < -0.39 is 0 Å². The lowest BCUT2D eigenvalue weighted by Gasteiger charge is -2.09. The Balaban J connectivity index is 2.46. The van der Waals surface area contributed by atoms with Gasteiger partial charge < -0.3 is 5.73 Å². The summed E-state index contributed by atoms with van der Waals surface area (Å²) in [6.45, 7) is 7.41. The van der Waals surface area contributed by atoms with Crippen molar-refractivity contribution < 1.29 is 4.39 Å². The highest BCUT2D eigenvalue weighted by atomic mass is 19.1. The molecule has 2 nitrogen and oxygen atoms in total. The standard InChI is InChI=1S/C19H19FN2/c1-4-19(22-12-14(3)21)17-10-9-15(11-18(17)20)16-8-6-5-7-13(16)2/h4-12H,1,21H2,2-3H3/b14-12+,22-19?. The van der Waals surface area contributed by atoms with Crippen LogP contribution < -0.4 is 5.73 Å². The Hall–Kier alpha value is -2.68. The summed E-state index contributed by atoms with van der Waals surface area (Å²) >= 11 is 0. The summed E-state index contributed by atoms with van der Waals surface area (Å²) in [4.78, 5) is 4.16. The van der Waals surface area contributed by atoms with Gasteiger partial charge in [-0.3, -0.25) is 4.99 Å². The fraction of sp³-hybridized carbons (Fsp3) is 0.105. The minimum atomic E-state index is -0.331. The molecule has 0 radical (unpaired) electrons. The van der Waals surface area contributed by atoms with Crippen LogP contribution in [0.3, 0.4) is 0 Å².